The molecule has 0 bridgehead atoms. The fraction of sp³-hybridized carbons (Fsp3) is 0.143. The highest BCUT2D eigenvalue weighted by Crippen LogP contribution is 2.15. The van der Waals surface area contributed by atoms with Gasteiger partial charge in [0, 0.05) is 0 Å². The standard InChI is InChI=1S/C14H14O2/c15-13-5-1-3-11(9-13)7-8-12-4-2-6-14(16)10-12/h1-6,9-10,15-16H,7-8H2. The number of benzene rings is 2. The van der Waals surface area contributed by atoms with Crippen molar-refractivity contribution in [1.82, 2.24) is 0 Å². The highest BCUT2D eigenvalue weighted by Gasteiger charge is 1.98. The molecule has 0 fully saturated rings. The summed E-state index contributed by atoms with van der Waals surface area (Å²) in [6, 6.07) is 14.5. The molecule has 0 saturated heterocycles. The van der Waals surface area contributed by atoms with Crippen molar-refractivity contribution in [3.63, 3.8) is 0 Å². The maximum atomic E-state index is 9.31. The SMILES string of the molecule is Oc1cccc(CCc2cccc(O)c2)c1. The van der Waals surface area contributed by atoms with E-state index in [9.17, 15) is 10.2 Å². The fourth-order valence-electron chi connectivity index (χ4n) is 1.71. The molecule has 0 heterocycles. The molecule has 82 valence electrons. The van der Waals surface area contributed by atoms with Gasteiger partial charge in [0.15, 0.2) is 0 Å². The molecule has 0 unspecified atom stereocenters. The molecule has 2 rings (SSSR count). The lowest BCUT2D eigenvalue weighted by Gasteiger charge is -2.03. The van der Waals surface area contributed by atoms with Gasteiger partial charge in [-0.15, -0.1) is 0 Å². The minimum Gasteiger partial charge on any atom is -0.508 e. The maximum absolute atomic E-state index is 9.31. The molecule has 0 saturated carbocycles. The van der Waals surface area contributed by atoms with Crippen LogP contribution in [0.25, 0.3) is 0 Å². The number of aromatic hydroxyl groups is 2. The Balaban J connectivity index is 2.02. The molecule has 0 aromatic heterocycles. The van der Waals surface area contributed by atoms with E-state index in [0.717, 1.165) is 24.0 Å². The number of phenolic OH excluding ortho intramolecular Hbond substituents is 2. The molecule has 16 heavy (non-hydrogen) atoms. The third-order valence-electron chi connectivity index (χ3n) is 2.52. The van der Waals surface area contributed by atoms with Crippen molar-refractivity contribution < 1.29 is 10.2 Å². The van der Waals surface area contributed by atoms with Gasteiger partial charge in [0.1, 0.15) is 11.5 Å². The summed E-state index contributed by atoms with van der Waals surface area (Å²) in [5, 5.41) is 18.6. The number of aryl methyl sites for hydroxylation is 2. The molecule has 0 aliphatic rings. The number of hydrogen-bond acceptors (Lipinski definition) is 2. The smallest absolute Gasteiger partial charge is 0.115 e. The first-order valence-electron chi connectivity index (χ1n) is 5.30. The van der Waals surface area contributed by atoms with Crippen molar-refractivity contribution >= 4 is 0 Å². The van der Waals surface area contributed by atoms with Crippen LogP contribution in [0.3, 0.4) is 0 Å². The molecule has 2 heteroatoms. The summed E-state index contributed by atoms with van der Waals surface area (Å²) in [5.74, 6) is 0.599. The summed E-state index contributed by atoms with van der Waals surface area (Å²) in [6.45, 7) is 0. The van der Waals surface area contributed by atoms with Crippen LogP contribution < -0.4 is 0 Å². The Hall–Kier alpha value is -1.96. The van der Waals surface area contributed by atoms with Gasteiger partial charge in [0.2, 0.25) is 0 Å². The number of phenols is 2. The third-order valence-corrected chi connectivity index (χ3v) is 2.52. The average Bonchev–Trinajstić information content (AvgIpc) is 2.27. The zero-order valence-corrected chi connectivity index (χ0v) is 8.93. The van der Waals surface area contributed by atoms with Crippen molar-refractivity contribution in [3.8, 4) is 11.5 Å². The van der Waals surface area contributed by atoms with E-state index in [0.29, 0.717) is 11.5 Å². The molecule has 2 N–H and O–H groups in total. The van der Waals surface area contributed by atoms with Crippen LogP contribution >= 0.6 is 0 Å². The average molecular weight is 214 g/mol. The molecule has 0 spiro atoms. The van der Waals surface area contributed by atoms with Crippen molar-refractivity contribution in [2.24, 2.45) is 0 Å². The summed E-state index contributed by atoms with van der Waals surface area (Å²) < 4.78 is 0. The van der Waals surface area contributed by atoms with Gasteiger partial charge in [-0.05, 0) is 48.2 Å². The first-order valence-corrected chi connectivity index (χ1v) is 5.30. The molecule has 2 nitrogen and oxygen atoms in total. The van der Waals surface area contributed by atoms with E-state index in [1.807, 2.05) is 24.3 Å². The van der Waals surface area contributed by atoms with Crippen LogP contribution in [0.15, 0.2) is 48.5 Å². The summed E-state index contributed by atoms with van der Waals surface area (Å²) in [7, 11) is 0. The lowest BCUT2D eigenvalue weighted by molar-refractivity contribution is 0.473. The summed E-state index contributed by atoms with van der Waals surface area (Å²) in [5.41, 5.74) is 2.20. The van der Waals surface area contributed by atoms with Crippen LogP contribution in [0.2, 0.25) is 0 Å². The van der Waals surface area contributed by atoms with E-state index in [-0.39, 0.29) is 0 Å². The Morgan fingerprint density at radius 2 is 1.12 bits per heavy atom. The first-order chi connectivity index (χ1) is 7.74. The summed E-state index contributed by atoms with van der Waals surface area (Å²) >= 11 is 0. The predicted octanol–water partition coefficient (Wildman–Crippen LogP) is 2.88. The van der Waals surface area contributed by atoms with Crippen molar-refractivity contribution in [2.75, 3.05) is 0 Å². The zero-order valence-electron chi connectivity index (χ0n) is 8.93. The van der Waals surface area contributed by atoms with E-state index < -0.39 is 0 Å². The molecule has 0 amide bonds. The molecule has 0 aliphatic carbocycles. The summed E-state index contributed by atoms with van der Waals surface area (Å²) in [4.78, 5) is 0. The topological polar surface area (TPSA) is 40.5 Å². The Bertz CT molecular complexity index is 432. The van der Waals surface area contributed by atoms with Gasteiger partial charge >= 0.3 is 0 Å². The predicted molar refractivity (Wildman–Crippen MR) is 63.6 cm³/mol. The maximum Gasteiger partial charge on any atom is 0.115 e. The van der Waals surface area contributed by atoms with Gasteiger partial charge in [0.05, 0.1) is 0 Å². The van der Waals surface area contributed by atoms with Crippen molar-refractivity contribution in [3.05, 3.63) is 59.7 Å². The van der Waals surface area contributed by atoms with E-state index in [1.165, 1.54) is 0 Å². The Morgan fingerprint density at radius 3 is 1.50 bits per heavy atom. The first kappa shape index (κ1) is 10.6. The normalized spacial score (nSPS) is 10.2. The van der Waals surface area contributed by atoms with Crippen LogP contribution in [0.1, 0.15) is 11.1 Å². The van der Waals surface area contributed by atoms with E-state index >= 15 is 0 Å². The second-order valence-corrected chi connectivity index (χ2v) is 3.84. The van der Waals surface area contributed by atoms with Crippen molar-refractivity contribution in [1.29, 1.82) is 0 Å². The fourth-order valence-corrected chi connectivity index (χ4v) is 1.71. The second kappa shape index (κ2) is 4.71. The monoisotopic (exact) mass is 214 g/mol. The Labute approximate surface area is 94.8 Å². The number of hydrogen-bond donors (Lipinski definition) is 2. The molecule has 0 atom stereocenters. The lowest BCUT2D eigenvalue weighted by Crippen LogP contribution is -1.90. The zero-order chi connectivity index (χ0) is 11.4. The van der Waals surface area contributed by atoms with Crippen LogP contribution in [-0.2, 0) is 12.8 Å². The minimum atomic E-state index is 0.299. The van der Waals surface area contributed by atoms with Gasteiger partial charge in [-0.25, -0.2) is 0 Å². The van der Waals surface area contributed by atoms with Gasteiger partial charge in [0.25, 0.3) is 0 Å². The molecule has 2 aromatic rings. The van der Waals surface area contributed by atoms with Crippen molar-refractivity contribution in [2.45, 2.75) is 12.8 Å². The van der Waals surface area contributed by atoms with Gasteiger partial charge in [-0.3, -0.25) is 0 Å². The highest BCUT2D eigenvalue weighted by molar-refractivity contribution is 5.30. The molecule has 0 radical (unpaired) electrons. The van der Waals surface area contributed by atoms with Crippen LogP contribution in [0.5, 0.6) is 11.5 Å². The quantitative estimate of drug-likeness (QED) is 0.824. The molecule has 2 aromatic carbocycles. The summed E-state index contributed by atoms with van der Waals surface area (Å²) in [6.07, 6.45) is 1.72. The van der Waals surface area contributed by atoms with Crippen LogP contribution in [-0.4, -0.2) is 10.2 Å². The largest absolute Gasteiger partial charge is 0.508 e. The number of rotatable bonds is 3. The molecular weight excluding hydrogens is 200 g/mol. The second-order valence-electron chi connectivity index (χ2n) is 3.84. The van der Waals surface area contributed by atoms with Gasteiger partial charge < -0.3 is 10.2 Å². The van der Waals surface area contributed by atoms with E-state index in [1.54, 1.807) is 24.3 Å². The van der Waals surface area contributed by atoms with Gasteiger partial charge in [-0.1, -0.05) is 24.3 Å². The minimum absolute atomic E-state index is 0.299. The molecule has 0 aliphatic heterocycles. The van der Waals surface area contributed by atoms with Crippen LogP contribution in [0, 0.1) is 0 Å². The highest BCUT2D eigenvalue weighted by atomic mass is 16.3. The Morgan fingerprint density at radius 1 is 0.688 bits per heavy atom. The lowest BCUT2D eigenvalue weighted by atomic mass is 10.0. The van der Waals surface area contributed by atoms with Crippen LogP contribution in [0.4, 0.5) is 0 Å². The van der Waals surface area contributed by atoms with E-state index in [2.05, 4.69) is 0 Å². The Kier molecular flexibility index (Phi) is 3.10. The van der Waals surface area contributed by atoms with E-state index in [4.69, 9.17) is 0 Å². The van der Waals surface area contributed by atoms with Gasteiger partial charge in [-0.2, -0.15) is 0 Å². The third kappa shape index (κ3) is 2.76. The molecular formula is C14H14O2.